The van der Waals surface area contributed by atoms with Gasteiger partial charge in [-0.3, -0.25) is 4.79 Å². The van der Waals surface area contributed by atoms with E-state index >= 15 is 0 Å². The molecule has 102 valence electrons. The van der Waals surface area contributed by atoms with Gasteiger partial charge in [0.1, 0.15) is 5.69 Å². The lowest BCUT2D eigenvalue weighted by atomic mass is 10.2. The maximum atomic E-state index is 12.0. The summed E-state index contributed by atoms with van der Waals surface area (Å²) in [7, 11) is 0. The monoisotopic (exact) mass is 270 g/mol. The van der Waals surface area contributed by atoms with E-state index in [1.807, 2.05) is 19.1 Å². The summed E-state index contributed by atoms with van der Waals surface area (Å²) in [5.41, 5.74) is 2.36. The average molecular weight is 270 g/mol. The van der Waals surface area contributed by atoms with Gasteiger partial charge in [-0.25, -0.2) is 9.78 Å². The lowest BCUT2D eigenvalue weighted by Gasteiger charge is -2.06. The van der Waals surface area contributed by atoms with Crippen molar-refractivity contribution in [2.45, 2.75) is 13.8 Å². The maximum Gasteiger partial charge on any atom is 0.337 e. The Hall–Kier alpha value is -2.69. The van der Waals surface area contributed by atoms with Gasteiger partial charge >= 0.3 is 5.97 Å². The van der Waals surface area contributed by atoms with E-state index in [0.717, 1.165) is 5.56 Å². The van der Waals surface area contributed by atoms with Crippen LogP contribution >= 0.6 is 0 Å². The molecule has 1 aromatic heterocycles. The molecule has 0 bridgehead atoms. The van der Waals surface area contributed by atoms with E-state index in [1.165, 1.54) is 12.1 Å². The summed E-state index contributed by atoms with van der Waals surface area (Å²) in [5.74, 6) is -1.42. The average Bonchev–Trinajstić information content (AvgIpc) is 2.40. The number of hydrogen-bond acceptors (Lipinski definition) is 3. The van der Waals surface area contributed by atoms with Gasteiger partial charge in [0.25, 0.3) is 5.91 Å². The number of aromatic carboxylic acids is 1. The number of aryl methyl sites for hydroxylation is 2. The number of benzene rings is 1. The molecular formula is C15H14N2O3. The highest BCUT2D eigenvalue weighted by Gasteiger charge is 2.13. The second-order valence-corrected chi connectivity index (χ2v) is 4.45. The number of carbonyl (C=O) groups is 2. The number of hydrogen-bond donors (Lipinski definition) is 2. The summed E-state index contributed by atoms with van der Waals surface area (Å²) < 4.78 is 0. The first-order valence-electron chi connectivity index (χ1n) is 6.06. The van der Waals surface area contributed by atoms with Crippen molar-refractivity contribution in [3.8, 4) is 0 Å². The summed E-state index contributed by atoms with van der Waals surface area (Å²) in [6.45, 7) is 3.52. The van der Waals surface area contributed by atoms with E-state index in [9.17, 15) is 9.59 Å². The fourth-order valence-corrected chi connectivity index (χ4v) is 1.75. The number of nitrogens with zero attached hydrogens (tertiary/aromatic N) is 1. The number of amides is 1. The van der Waals surface area contributed by atoms with Crippen LogP contribution in [-0.4, -0.2) is 22.0 Å². The fourth-order valence-electron chi connectivity index (χ4n) is 1.75. The molecule has 2 aromatic rings. The van der Waals surface area contributed by atoms with Crippen molar-refractivity contribution < 1.29 is 14.7 Å². The summed E-state index contributed by atoms with van der Waals surface area (Å²) in [6, 6.07) is 10.2. The van der Waals surface area contributed by atoms with Crippen LogP contribution in [0.1, 0.15) is 32.1 Å². The first-order valence-corrected chi connectivity index (χ1v) is 6.06. The highest BCUT2D eigenvalue weighted by molar-refractivity contribution is 6.03. The standard InChI is InChI=1S/C15H14N2O3/c1-9-3-5-11(6-4-9)17-14(18)13-8-7-12(15(19)20)10(2)16-13/h3-8H,1-2H3,(H,17,18)(H,19,20). The molecule has 0 radical (unpaired) electrons. The molecule has 20 heavy (non-hydrogen) atoms. The van der Waals surface area contributed by atoms with Crippen molar-refractivity contribution in [1.82, 2.24) is 4.98 Å². The molecule has 1 aromatic carbocycles. The third-order valence-corrected chi connectivity index (χ3v) is 2.86. The molecule has 0 fully saturated rings. The molecule has 1 heterocycles. The van der Waals surface area contributed by atoms with Crippen molar-refractivity contribution in [1.29, 1.82) is 0 Å². The smallest absolute Gasteiger partial charge is 0.337 e. The minimum Gasteiger partial charge on any atom is -0.478 e. The minimum absolute atomic E-state index is 0.0943. The number of carbonyl (C=O) groups excluding carboxylic acids is 1. The summed E-state index contributed by atoms with van der Waals surface area (Å²) in [4.78, 5) is 26.9. The molecule has 5 nitrogen and oxygen atoms in total. The van der Waals surface area contributed by atoms with E-state index in [4.69, 9.17) is 5.11 Å². The zero-order valence-electron chi connectivity index (χ0n) is 11.2. The van der Waals surface area contributed by atoms with E-state index in [2.05, 4.69) is 10.3 Å². The van der Waals surface area contributed by atoms with Crippen LogP contribution in [0.15, 0.2) is 36.4 Å². The van der Waals surface area contributed by atoms with Gasteiger partial charge in [-0.05, 0) is 38.1 Å². The Kier molecular flexibility index (Phi) is 3.79. The van der Waals surface area contributed by atoms with Gasteiger partial charge in [-0.2, -0.15) is 0 Å². The molecule has 1 amide bonds. The van der Waals surface area contributed by atoms with Crippen molar-refractivity contribution in [2.75, 3.05) is 5.32 Å². The van der Waals surface area contributed by atoms with E-state index in [1.54, 1.807) is 19.1 Å². The van der Waals surface area contributed by atoms with Crippen LogP contribution in [0, 0.1) is 13.8 Å². The highest BCUT2D eigenvalue weighted by Crippen LogP contribution is 2.12. The first kappa shape index (κ1) is 13.7. The van der Waals surface area contributed by atoms with Gasteiger partial charge < -0.3 is 10.4 Å². The highest BCUT2D eigenvalue weighted by atomic mass is 16.4. The van der Waals surface area contributed by atoms with Crippen LogP contribution in [0.5, 0.6) is 0 Å². The van der Waals surface area contributed by atoms with Crippen molar-refractivity contribution in [3.05, 3.63) is 58.9 Å². The zero-order chi connectivity index (χ0) is 14.7. The Bertz CT molecular complexity index is 663. The largest absolute Gasteiger partial charge is 0.478 e. The molecule has 0 saturated carbocycles. The molecule has 5 heteroatoms. The van der Waals surface area contributed by atoms with Crippen LogP contribution in [-0.2, 0) is 0 Å². The second kappa shape index (κ2) is 5.52. The number of nitrogens with one attached hydrogen (secondary N) is 1. The Balaban J connectivity index is 2.19. The van der Waals surface area contributed by atoms with Crippen molar-refractivity contribution >= 4 is 17.6 Å². The minimum atomic E-state index is -1.06. The molecule has 0 atom stereocenters. The van der Waals surface area contributed by atoms with Crippen LogP contribution in [0.2, 0.25) is 0 Å². The van der Waals surface area contributed by atoms with E-state index in [-0.39, 0.29) is 17.2 Å². The van der Waals surface area contributed by atoms with E-state index < -0.39 is 5.97 Å². The Morgan fingerprint density at radius 3 is 2.25 bits per heavy atom. The Labute approximate surface area is 116 Å². The number of aromatic nitrogens is 1. The van der Waals surface area contributed by atoms with Crippen molar-refractivity contribution in [2.24, 2.45) is 0 Å². The maximum absolute atomic E-state index is 12.0. The predicted molar refractivity (Wildman–Crippen MR) is 75.1 cm³/mol. The first-order chi connectivity index (χ1) is 9.47. The molecule has 2 rings (SSSR count). The lowest BCUT2D eigenvalue weighted by molar-refractivity contribution is 0.0695. The van der Waals surface area contributed by atoms with Crippen LogP contribution < -0.4 is 5.32 Å². The molecule has 0 aliphatic carbocycles. The van der Waals surface area contributed by atoms with Gasteiger partial charge in [0, 0.05) is 5.69 Å². The van der Waals surface area contributed by atoms with Gasteiger partial charge in [-0.15, -0.1) is 0 Å². The molecule has 0 aliphatic heterocycles. The molecule has 0 saturated heterocycles. The summed E-state index contributed by atoms with van der Waals surface area (Å²) >= 11 is 0. The van der Waals surface area contributed by atoms with Gasteiger partial charge in [0.2, 0.25) is 0 Å². The number of carboxylic acid groups (broad SMARTS) is 1. The molecule has 0 spiro atoms. The van der Waals surface area contributed by atoms with Crippen molar-refractivity contribution in [3.63, 3.8) is 0 Å². The quantitative estimate of drug-likeness (QED) is 0.898. The summed E-state index contributed by atoms with van der Waals surface area (Å²) in [5, 5.41) is 11.6. The Morgan fingerprint density at radius 1 is 1.05 bits per heavy atom. The fraction of sp³-hybridized carbons (Fsp3) is 0.133. The molecule has 2 N–H and O–H groups in total. The third-order valence-electron chi connectivity index (χ3n) is 2.86. The third kappa shape index (κ3) is 3.00. The molecule has 0 aliphatic rings. The Morgan fingerprint density at radius 2 is 1.70 bits per heavy atom. The van der Waals surface area contributed by atoms with E-state index in [0.29, 0.717) is 11.4 Å². The predicted octanol–water partition coefficient (Wildman–Crippen LogP) is 2.65. The van der Waals surface area contributed by atoms with Crippen LogP contribution in [0.4, 0.5) is 5.69 Å². The van der Waals surface area contributed by atoms with Crippen LogP contribution in [0.3, 0.4) is 0 Å². The number of anilines is 1. The van der Waals surface area contributed by atoms with Crippen LogP contribution in [0.25, 0.3) is 0 Å². The van der Waals surface area contributed by atoms with Gasteiger partial charge in [0.15, 0.2) is 0 Å². The topological polar surface area (TPSA) is 79.3 Å². The summed E-state index contributed by atoms with van der Waals surface area (Å²) in [6.07, 6.45) is 0. The zero-order valence-corrected chi connectivity index (χ0v) is 11.2. The molecule has 0 unspecified atom stereocenters. The van der Waals surface area contributed by atoms with Gasteiger partial charge in [0.05, 0.1) is 11.3 Å². The second-order valence-electron chi connectivity index (χ2n) is 4.45. The lowest BCUT2D eigenvalue weighted by Crippen LogP contribution is -2.15. The SMILES string of the molecule is Cc1ccc(NC(=O)c2ccc(C(=O)O)c(C)n2)cc1. The number of rotatable bonds is 3. The molecular weight excluding hydrogens is 256 g/mol. The number of carboxylic acids is 1. The normalized spacial score (nSPS) is 10.1. The number of pyridine rings is 1. The van der Waals surface area contributed by atoms with Gasteiger partial charge in [-0.1, -0.05) is 17.7 Å².